The Kier molecular flexibility index (Phi) is 6.28. The summed E-state index contributed by atoms with van der Waals surface area (Å²) in [6.45, 7) is 2.32. The lowest BCUT2D eigenvalue weighted by molar-refractivity contribution is -0.0266. The molecule has 0 aromatic heterocycles. The number of morpholine rings is 1. The molecule has 1 aliphatic carbocycles. The smallest absolute Gasteiger partial charge is 0.322 e. The Hall–Kier alpha value is -2.93. The molecule has 2 aliphatic rings. The van der Waals surface area contributed by atoms with Crippen LogP contribution < -0.4 is 5.32 Å². The average Bonchev–Trinajstić information content (AvgIpc) is 3.58. The highest BCUT2D eigenvalue weighted by Gasteiger charge is 2.31. The van der Waals surface area contributed by atoms with E-state index in [-0.39, 0.29) is 18.0 Å². The highest BCUT2D eigenvalue weighted by atomic mass is 19.1. The molecule has 1 aliphatic heterocycles. The number of hydrogen-bond donors (Lipinski definition) is 1. The van der Waals surface area contributed by atoms with Crippen LogP contribution in [-0.4, -0.2) is 60.6 Å². The molecule has 1 heterocycles. The molecule has 1 atom stereocenters. The number of carbonyl (C=O) groups excluding carboxylic acids is 2. The normalized spacial score (nSPS) is 18.7. The minimum absolute atomic E-state index is 0.181. The van der Waals surface area contributed by atoms with Crippen LogP contribution in [0.4, 0.5) is 14.9 Å². The minimum Gasteiger partial charge on any atom is -0.373 e. The van der Waals surface area contributed by atoms with Crippen molar-refractivity contribution in [2.75, 3.05) is 38.1 Å². The Balaban J connectivity index is 1.39. The predicted molar refractivity (Wildman–Crippen MR) is 112 cm³/mol. The predicted octanol–water partition coefficient (Wildman–Crippen LogP) is 3.61. The molecule has 30 heavy (non-hydrogen) atoms. The third-order valence-corrected chi connectivity index (χ3v) is 5.41. The van der Waals surface area contributed by atoms with Gasteiger partial charge in [0.15, 0.2) is 0 Å². The van der Waals surface area contributed by atoms with Crippen molar-refractivity contribution < 1.29 is 18.7 Å². The number of halogens is 1. The Morgan fingerprint density at radius 1 is 1.10 bits per heavy atom. The fraction of sp³-hybridized carbons (Fsp3) is 0.391. The molecule has 0 radical (unpaired) electrons. The van der Waals surface area contributed by atoms with E-state index in [1.807, 2.05) is 30.3 Å². The van der Waals surface area contributed by atoms with E-state index in [1.54, 1.807) is 21.9 Å². The van der Waals surface area contributed by atoms with Gasteiger partial charge < -0.3 is 19.9 Å². The van der Waals surface area contributed by atoms with Gasteiger partial charge in [-0.15, -0.1) is 0 Å². The van der Waals surface area contributed by atoms with Gasteiger partial charge in [-0.05, 0) is 49.1 Å². The summed E-state index contributed by atoms with van der Waals surface area (Å²) in [5.41, 5.74) is 1.08. The molecule has 1 saturated carbocycles. The summed E-state index contributed by atoms with van der Waals surface area (Å²) in [6, 6.07) is 14.9. The third-order valence-electron chi connectivity index (χ3n) is 5.41. The molecule has 0 bridgehead atoms. The van der Waals surface area contributed by atoms with Crippen molar-refractivity contribution in [3.63, 3.8) is 0 Å². The van der Waals surface area contributed by atoms with Crippen LogP contribution in [0.15, 0.2) is 54.6 Å². The van der Waals surface area contributed by atoms with Crippen molar-refractivity contribution >= 4 is 17.6 Å². The number of urea groups is 1. The van der Waals surface area contributed by atoms with Crippen LogP contribution in [0.25, 0.3) is 0 Å². The lowest BCUT2D eigenvalue weighted by Crippen LogP contribution is -2.51. The molecule has 4 rings (SSSR count). The SMILES string of the molecule is O=C(Nc1ccccc1)N1CCO[C@H](CN(CC2CC2)C(=O)c2cccc(F)c2)C1. The zero-order valence-corrected chi connectivity index (χ0v) is 16.8. The zero-order valence-electron chi connectivity index (χ0n) is 16.8. The summed E-state index contributed by atoms with van der Waals surface area (Å²) < 4.78 is 19.5. The first-order chi connectivity index (χ1) is 14.6. The first kappa shape index (κ1) is 20.3. The molecule has 1 N–H and O–H groups in total. The van der Waals surface area contributed by atoms with Crippen LogP contribution in [0.5, 0.6) is 0 Å². The standard InChI is InChI=1S/C23H26FN3O3/c24-19-6-4-5-18(13-19)22(28)27(14-17-9-10-17)16-21-15-26(11-12-30-21)23(29)25-20-7-2-1-3-8-20/h1-8,13,17,21H,9-12,14-16H2,(H,25,29)/t21-/m0/s1. The Morgan fingerprint density at radius 3 is 2.63 bits per heavy atom. The molecule has 6 nitrogen and oxygen atoms in total. The van der Waals surface area contributed by atoms with Crippen LogP contribution in [0, 0.1) is 11.7 Å². The highest BCUT2D eigenvalue weighted by Crippen LogP contribution is 2.30. The number of benzene rings is 2. The molecule has 158 valence electrons. The molecular weight excluding hydrogens is 385 g/mol. The highest BCUT2D eigenvalue weighted by molar-refractivity contribution is 5.94. The molecule has 0 unspecified atom stereocenters. The van der Waals surface area contributed by atoms with Crippen molar-refractivity contribution in [1.82, 2.24) is 9.80 Å². The van der Waals surface area contributed by atoms with Crippen LogP contribution in [-0.2, 0) is 4.74 Å². The van der Waals surface area contributed by atoms with Crippen LogP contribution in [0.1, 0.15) is 23.2 Å². The van der Waals surface area contributed by atoms with Crippen molar-refractivity contribution in [2.24, 2.45) is 5.92 Å². The number of hydrogen-bond acceptors (Lipinski definition) is 3. The summed E-state index contributed by atoms with van der Waals surface area (Å²) in [7, 11) is 0. The Bertz CT molecular complexity index is 888. The molecule has 2 aromatic rings. The fourth-order valence-corrected chi connectivity index (χ4v) is 3.64. The number of amides is 3. The lowest BCUT2D eigenvalue weighted by atomic mass is 10.1. The maximum absolute atomic E-state index is 13.6. The van der Waals surface area contributed by atoms with Gasteiger partial charge >= 0.3 is 6.03 Å². The topological polar surface area (TPSA) is 61.9 Å². The van der Waals surface area contributed by atoms with Gasteiger partial charge in [-0.25, -0.2) is 9.18 Å². The summed E-state index contributed by atoms with van der Waals surface area (Å²) in [5.74, 6) is -0.135. The zero-order chi connectivity index (χ0) is 20.9. The first-order valence-electron chi connectivity index (χ1n) is 10.4. The van der Waals surface area contributed by atoms with Gasteiger partial charge in [0, 0.05) is 30.9 Å². The average molecular weight is 411 g/mol. The van der Waals surface area contributed by atoms with E-state index in [1.165, 1.54) is 12.1 Å². The summed E-state index contributed by atoms with van der Waals surface area (Å²) in [5, 5.41) is 2.89. The van der Waals surface area contributed by atoms with E-state index in [4.69, 9.17) is 4.74 Å². The van der Waals surface area contributed by atoms with Gasteiger partial charge in [-0.1, -0.05) is 24.3 Å². The van der Waals surface area contributed by atoms with Gasteiger partial charge in [0.05, 0.1) is 19.3 Å². The van der Waals surface area contributed by atoms with Crippen LogP contribution in [0.3, 0.4) is 0 Å². The maximum atomic E-state index is 13.6. The second-order valence-corrected chi connectivity index (χ2v) is 7.90. The summed E-state index contributed by atoms with van der Waals surface area (Å²) >= 11 is 0. The molecule has 0 spiro atoms. The molecule has 1 saturated heterocycles. The summed E-state index contributed by atoms with van der Waals surface area (Å²) in [6.07, 6.45) is 1.92. The third kappa shape index (κ3) is 5.36. The molecule has 2 fully saturated rings. The Labute approximate surface area is 175 Å². The van der Waals surface area contributed by atoms with E-state index in [0.717, 1.165) is 18.5 Å². The largest absolute Gasteiger partial charge is 0.373 e. The number of nitrogens with one attached hydrogen (secondary N) is 1. The molecule has 2 aromatic carbocycles. The number of ether oxygens (including phenoxy) is 1. The van der Waals surface area contributed by atoms with Gasteiger partial charge in [-0.3, -0.25) is 4.79 Å². The van der Waals surface area contributed by atoms with Gasteiger partial charge in [-0.2, -0.15) is 0 Å². The number of nitrogens with zero attached hydrogens (tertiary/aromatic N) is 2. The number of rotatable bonds is 6. The molecule has 3 amide bonds. The summed E-state index contributed by atoms with van der Waals surface area (Å²) in [4.78, 5) is 29.1. The number of carbonyl (C=O) groups is 2. The van der Waals surface area contributed by atoms with Crippen LogP contribution >= 0.6 is 0 Å². The van der Waals surface area contributed by atoms with Crippen molar-refractivity contribution in [3.8, 4) is 0 Å². The van der Waals surface area contributed by atoms with E-state index in [0.29, 0.717) is 44.3 Å². The number of anilines is 1. The van der Waals surface area contributed by atoms with Crippen LogP contribution in [0.2, 0.25) is 0 Å². The van der Waals surface area contributed by atoms with Crippen molar-refractivity contribution in [1.29, 1.82) is 0 Å². The second-order valence-electron chi connectivity index (χ2n) is 7.90. The second kappa shape index (κ2) is 9.26. The van der Waals surface area contributed by atoms with Gasteiger partial charge in [0.25, 0.3) is 5.91 Å². The minimum atomic E-state index is -0.426. The van der Waals surface area contributed by atoms with E-state index < -0.39 is 5.82 Å². The van der Waals surface area contributed by atoms with Gasteiger partial charge in [0.2, 0.25) is 0 Å². The van der Waals surface area contributed by atoms with Gasteiger partial charge in [0.1, 0.15) is 5.82 Å². The quantitative estimate of drug-likeness (QED) is 0.790. The monoisotopic (exact) mass is 411 g/mol. The fourth-order valence-electron chi connectivity index (χ4n) is 3.64. The van der Waals surface area contributed by atoms with E-state index >= 15 is 0 Å². The number of para-hydroxylation sites is 1. The maximum Gasteiger partial charge on any atom is 0.322 e. The van der Waals surface area contributed by atoms with Crippen molar-refractivity contribution in [3.05, 3.63) is 66.0 Å². The molecule has 7 heteroatoms. The Morgan fingerprint density at radius 2 is 1.90 bits per heavy atom. The lowest BCUT2D eigenvalue weighted by Gasteiger charge is -2.36. The van der Waals surface area contributed by atoms with Crippen molar-refractivity contribution in [2.45, 2.75) is 18.9 Å². The first-order valence-corrected chi connectivity index (χ1v) is 10.4. The van der Waals surface area contributed by atoms with E-state index in [2.05, 4.69) is 5.32 Å². The van der Waals surface area contributed by atoms with E-state index in [9.17, 15) is 14.0 Å². The molecular formula is C23H26FN3O3.